The van der Waals surface area contributed by atoms with Crippen LogP contribution in [0, 0.1) is 41.5 Å². The van der Waals surface area contributed by atoms with Gasteiger partial charge in [0.2, 0.25) is 0 Å². The molecule has 2 N–H and O–H groups in total. The van der Waals surface area contributed by atoms with Gasteiger partial charge in [0.15, 0.2) is 0 Å². The minimum atomic E-state index is -0.360. The molecule has 6 rings (SSSR count). The van der Waals surface area contributed by atoms with Crippen LogP contribution in [0.4, 0.5) is 11.4 Å². The van der Waals surface area contributed by atoms with Gasteiger partial charge in [0, 0.05) is 43.6 Å². The highest BCUT2D eigenvalue weighted by Crippen LogP contribution is 2.36. The van der Waals surface area contributed by atoms with Gasteiger partial charge < -0.3 is 10.2 Å². The Bertz CT molecular complexity index is 1940. The molecule has 0 unspecified atom stereocenters. The van der Waals surface area contributed by atoms with Crippen LogP contribution in [0.15, 0.2) is 72.8 Å². The molecule has 0 aromatic heterocycles. The van der Waals surface area contributed by atoms with E-state index in [0.29, 0.717) is 41.8 Å². The Kier molecular flexibility index (Phi) is 8.59. The van der Waals surface area contributed by atoms with Gasteiger partial charge in [-0.1, -0.05) is 59.7 Å². The molecule has 2 aliphatic heterocycles. The number of nitrogens with zero attached hydrogens (tertiary/aromatic N) is 2. The van der Waals surface area contributed by atoms with Gasteiger partial charge in [0.05, 0.1) is 11.4 Å². The van der Waals surface area contributed by atoms with Gasteiger partial charge >= 0.3 is 0 Å². The monoisotopic (exact) mass is 654 g/mol. The smallest absolute Gasteiger partial charge is 0.258 e. The molecule has 248 valence electrons. The summed E-state index contributed by atoms with van der Waals surface area (Å²) in [5, 5.41) is 23.0. The van der Waals surface area contributed by atoms with Gasteiger partial charge in [-0.3, -0.25) is 19.2 Å². The number of benzene rings is 4. The summed E-state index contributed by atoms with van der Waals surface area (Å²) in [5.74, 6) is -1.13. The van der Waals surface area contributed by atoms with Crippen molar-refractivity contribution in [3.63, 3.8) is 0 Å². The predicted octanol–water partition coefficient (Wildman–Crippen LogP) is 6.58. The standard InChI is InChI=1S/C41H38N2O6/c1-22-11-30(19-28-15-24(3)38(25(4)16-28)42-34(44)7-8-35(42)45)40(48)32(13-22)21-33-14-23(2)12-31(41(33)49)20-29-17-26(5)39(27(6)18-29)43-36(46)9-10-37(43)47/h7-18,48-49H,19-21H2,1-6H3. The number of carbonyl (C=O) groups is 4. The first kappa shape index (κ1) is 33.2. The zero-order valence-electron chi connectivity index (χ0n) is 28.5. The number of aryl methyl sites for hydroxylation is 6. The number of imide groups is 2. The van der Waals surface area contributed by atoms with Crippen LogP contribution < -0.4 is 9.80 Å². The van der Waals surface area contributed by atoms with Crippen LogP contribution >= 0.6 is 0 Å². The van der Waals surface area contributed by atoms with E-state index >= 15 is 0 Å². The van der Waals surface area contributed by atoms with Crippen molar-refractivity contribution in [2.75, 3.05) is 9.80 Å². The van der Waals surface area contributed by atoms with E-state index in [1.807, 2.05) is 90.1 Å². The summed E-state index contributed by atoms with van der Waals surface area (Å²) >= 11 is 0. The maximum Gasteiger partial charge on any atom is 0.258 e. The summed E-state index contributed by atoms with van der Waals surface area (Å²) in [5.41, 5.74) is 11.0. The van der Waals surface area contributed by atoms with Gasteiger partial charge in [-0.05, 0) is 97.2 Å². The van der Waals surface area contributed by atoms with E-state index in [1.54, 1.807) is 0 Å². The van der Waals surface area contributed by atoms with Crippen molar-refractivity contribution in [2.24, 2.45) is 0 Å². The number of aromatic hydroxyl groups is 2. The molecule has 2 aliphatic rings. The minimum Gasteiger partial charge on any atom is -0.507 e. The first-order valence-corrected chi connectivity index (χ1v) is 16.2. The molecule has 49 heavy (non-hydrogen) atoms. The number of anilines is 2. The van der Waals surface area contributed by atoms with Crippen LogP contribution in [0.1, 0.15) is 66.8 Å². The Morgan fingerprint density at radius 1 is 0.429 bits per heavy atom. The fourth-order valence-corrected chi connectivity index (χ4v) is 7.29. The average molecular weight is 655 g/mol. The van der Waals surface area contributed by atoms with E-state index in [0.717, 1.165) is 55.6 Å². The number of carbonyl (C=O) groups excluding carboxylic acids is 4. The molecule has 0 bridgehead atoms. The third-order valence-corrected chi connectivity index (χ3v) is 9.16. The molecule has 0 radical (unpaired) electrons. The highest BCUT2D eigenvalue weighted by atomic mass is 16.3. The van der Waals surface area contributed by atoms with Gasteiger partial charge in [0.25, 0.3) is 23.6 Å². The Hall–Kier alpha value is -5.76. The molecule has 0 spiro atoms. The molecule has 2 heterocycles. The van der Waals surface area contributed by atoms with E-state index in [9.17, 15) is 29.4 Å². The average Bonchev–Trinajstić information content (AvgIpc) is 3.52. The number of hydrogen-bond acceptors (Lipinski definition) is 6. The lowest BCUT2D eigenvalue weighted by atomic mass is 9.91. The van der Waals surface area contributed by atoms with Crippen LogP contribution in [0.3, 0.4) is 0 Å². The van der Waals surface area contributed by atoms with Crippen molar-refractivity contribution in [1.82, 2.24) is 0 Å². The number of amides is 4. The van der Waals surface area contributed by atoms with E-state index < -0.39 is 0 Å². The van der Waals surface area contributed by atoms with Crippen molar-refractivity contribution in [1.29, 1.82) is 0 Å². The largest absolute Gasteiger partial charge is 0.507 e. The van der Waals surface area contributed by atoms with E-state index in [2.05, 4.69) is 0 Å². The van der Waals surface area contributed by atoms with Gasteiger partial charge in [-0.15, -0.1) is 0 Å². The topological polar surface area (TPSA) is 115 Å². The zero-order chi connectivity index (χ0) is 35.3. The quantitative estimate of drug-likeness (QED) is 0.208. The lowest BCUT2D eigenvalue weighted by Crippen LogP contribution is -2.31. The Morgan fingerprint density at radius 2 is 0.694 bits per heavy atom. The molecule has 0 aliphatic carbocycles. The molecule has 0 atom stereocenters. The van der Waals surface area contributed by atoms with E-state index in [1.165, 1.54) is 34.1 Å². The van der Waals surface area contributed by atoms with Crippen molar-refractivity contribution >= 4 is 35.0 Å². The maximum absolute atomic E-state index is 12.3. The van der Waals surface area contributed by atoms with Crippen LogP contribution in [0.2, 0.25) is 0 Å². The van der Waals surface area contributed by atoms with Crippen LogP contribution in [-0.2, 0) is 38.4 Å². The lowest BCUT2D eigenvalue weighted by Gasteiger charge is -2.21. The molecule has 0 fully saturated rings. The molecule has 0 saturated heterocycles. The second-order valence-electron chi connectivity index (χ2n) is 13.2. The lowest BCUT2D eigenvalue weighted by molar-refractivity contribution is -0.121. The molecule has 4 aromatic carbocycles. The first-order chi connectivity index (χ1) is 23.2. The Balaban J connectivity index is 1.27. The summed E-state index contributed by atoms with van der Waals surface area (Å²) in [4.78, 5) is 51.7. The SMILES string of the molecule is Cc1cc(Cc2cc(C)c(N3C(=O)C=CC3=O)c(C)c2)c(O)c(Cc2cc(C)cc(Cc3cc(C)c(N4C(=O)C=CC4=O)c(C)c3)c2O)c1. The Labute approximate surface area is 285 Å². The molecule has 4 amide bonds. The summed E-state index contributed by atoms with van der Waals surface area (Å²) in [6.45, 7) is 11.4. The van der Waals surface area contributed by atoms with Crippen molar-refractivity contribution in [3.05, 3.63) is 140 Å². The van der Waals surface area contributed by atoms with Crippen LogP contribution in [0.25, 0.3) is 0 Å². The third kappa shape index (κ3) is 6.29. The van der Waals surface area contributed by atoms with Crippen molar-refractivity contribution < 1.29 is 29.4 Å². The molecule has 8 nitrogen and oxygen atoms in total. The zero-order valence-corrected chi connectivity index (χ0v) is 28.5. The number of hydrogen-bond donors (Lipinski definition) is 2. The van der Waals surface area contributed by atoms with Gasteiger partial charge in [-0.2, -0.15) is 0 Å². The second-order valence-corrected chi connectivity index (χ2v) is 13.2. The number of phenolic OH excluding ortho intramolecular Hbond substituents is 2. The molecular weight excluding hydrogens is 616 g/mol. The molecule has 4 aromatic rings. The third-order valence-electron chi connectivity index (χ3n) is 9.16. The molecule has 0 saturated carbocycles. The summed E-state index contributed by atoms with van der Waals surface area (Å²) in [7, 11) is 0. The second kappa shape index (κ2) is 12.7. The van der Waals surface area contributed by atoms with Crippen LogP contribution in [0.5, 0.6) is 11.5 Å². The minimum absolute atomic E-state index is 0.156. The van der Waals surface area contributed by atoms with Crippen molar-refractivity contribution in [2.45, 2.75) is 60.8 Å². The van der Waals surface area contributed by atoms with Crippen molar-refractivity contribution in [3.8, 4) is 11.5 Å². The number of phenols is 2. The fourth-order valence-electron chi connectivity index (χ4n) is 7.29. The summed E-state index contributed by atoms with van der Waals surface area (Å²) in [6, 6.07) is 15.5. The normalized spacial score (nSPS) is 14.2. The van der Waals surface area contributed by atoms with E-state index in [-0.39, 0.29) is 35.1 Å². The summed E-state index contributed by atoms with van der Waals surface area (Å²) in [6.07, 6.45) is 6.29. The number of rotatable bonds is 8. The van der Waals surface area contributed by atoms with Crippen LogP contribution in [-0.4, -0.2) is 33.8 Å². The highest BCUT2D eigenvalue weighted by molar-refractivity contribution is 6.29. The molecule has 8 heteroatoms. The highest BCUT2D eigenvalue weighted by Gasteiger charge is 2.29. The fraction of sp³-hybridized carbons (Fsp3) is 0.220. The summed E-state index contributed by atoms with van der Waals surface area (Å²) < 4.78 is 0. The molecular formula is C41H38N2O6. The van der Waals surface area contributed by atoms with E-state index in [4.69, 9.17) is 0 Å². The Morgan fingerprint density at radius 3 is 0.980 bits per heavy atom. The predicted molar refractivity (Wildman–Crippen MR) is 189 cm³/mol. The first-order valence-electron chi connectivity index (χ1n) is 16.2. The van der Waals surface area contributed by atoms with Gasteiger partial charge in [-0.25, -0.2) is 9.80 Å². The maximum atomic E-state index is 12.3. The van der Waals surface area contributed by atoms with Gasteiger partial charge in [0.1, 0.15) is 11.5 Å².